The van der Waals surface area contributed by atoms with Gasteiger partial charge in [0.15, 0.2) is 0 Å². The largest absolute Gasteiger partial charge is 0.492 e. The van der Waals surface area contributed by atoms with Gasteiger partial charge >= 0.3 is 0 Å². The second kappa shape index (κ2) is 5.73. The number of hydrogen-bond acceptors (Lipinski definition) is 4. The molecule has 0 spiro atoms. The van der Waals surface area contributed by atoms with Crippen LogP contribution in [-0.2, 0) is 4.79 Å². The smallest absolute Gasteiger partial charge is 0.244 e. The van der Waals surface area contributed by atoms with Gasteiger partial charge in [0.2, 0.25) is 5.91 Å². The Bertz CT molecular complexity index is 422. The van der Waals surface area contributed by atoms with Crippen molar-refractivity contribution in [3.8, 4) is 5.75 Å². The molecule has 1 aliphatic rings. The molecule has 5 heteroatoms. The van der Waals surface area contributed by atoms with Crippen molar-refractivity contribution in [3.05, 3.63) is 24.3 Å². The number of hydrogen-bond donors (Lipinski definition) is 2. The zero-order valence-electron chi connectivity index (χ0n) is 10.6. The number of ether oxygens (including phenoxy) is 1. The molecule has 1 heterocycles. The topological polar surface area (TPSA) is 67.6 Å². The second-order valence-corrected chi connectivity index (χ2v) is 4.14. The summed E-state index contributed by atoms with van der Waals surface area (Å²) in [5, 5.41) is 2.83. The van der Waals surface area contributed by atoms with E-state index >= 15 is 0 Å². The van der Waals surface area contributed by atoms with Crippen molar-refractivity contribution in [1.82, 2.24) is 5.32 Å². The SMILES string of the molecule is CCOc1ccccc1N1CCNC(=O)C1CN. The molecule has 0 aliphatic carbocycles. The lowest BCUT2D eigenvalue weighted by atomic mass is 10.1. The number of para-hydroxylation sites is 2. The van der Waals surface area contributed by atoms with Crippen LogP contribution in [0.25, 0.3) is 0 Å². The third-order valence-corrected chi connectivity index (χ3v) is 3.03. The number of nitrogens with zero attached hydrogens (tertiary/aromatic N) is 1. The zero-order chi connectivity index (χ0) is 13.0. The Kier molecular flexibility index (Phi) is 4.04. The number of benzene rings is 1. The highest BCUT2D eigenvalue weighted by Gasteiger charge is 2.29. The molecule has 18 heavy (non-hydrogen) atoms. The lowest BCUT2D eigenvalue weighted by molar-refractivity contribution is -0.123. The van der Waals surface area contributed by atoms with Crippen LogP contribution >= 0.6 is 0 Å². The van der Waals surface area contributed by atoms with Crippen molar-refractivity contribution < 1.29 is 9.53 Å². The lowest BCUT2D eigenvalue weighted by Crippen LogP contribution is -2.58. The van der Waals surface area contributed by atoms with Crippen LogP contribution in [0.1, 0.15) is 6.92 Å². The molecule has 1 fully saturated rings. The number of nitrogens with two attached hydrogens (primary N) is 1. The van der Waals surface area contributed by atoms with Crippen molar-refractivity contribution in [3.63, 3.8) is 0 Å². The first kappa shape index (κ1) is 12.7. The van der Waals surface area contributed by atoms with Crippen LogP contribution in [0.5, 0.6) is 5.75 Å². The van der Waals surface area contributed by atoms with Gasteiger partial charge < -0.3 is 20.7 Å². The Hall–Kier alpha value is -1.75. The monoisotopic (exact) mass is 249 g/mol. The van der Waals surface area contributed by atoms with E-state index in [0.29, 0.717) is 19.7 Å². The van der Waals surface area contributed by atoms with E-state index in [9.17, 15) is 4.79 Å². The summed E-state index contributed by atoms with van der Waals surface area (Å²) < 4.78 is 5.60. The summed E-state index contributed by atoms with van der Waals surface area (Å²) in [6, 6.07) is 7.43. The van der Waals surface area contributed by atoms with Crippen LogP contribution in [0.2, 0.25) is 0 Å². The van der Waals surface area contributed by atoms with Gasteiger partial charge in [-0.3, -0.25) is 4.79 Å². The van der Waals surface area contributed by atoms with E-state index in [2.05, 4.69) is 5.32 Å². The summed E-state index contributed by atoms with van der Waals surface area (Å²) in [5.41, 5.74) is 6.64. The molecule has 1 atom stereocenters. The molecule has 0 aromatic heterocycles. The average molecular weight is 249 g/mol. The van der Waals surface area contributed by atoms with Crippen molar-refractivity contribution in [2.75, 3.05) is 31.1 Å². The number of piperazine rings is 1. The molecule has 1 aromatic carbocycles. The summed E-state index contributed by atoms with van der Waals surface area (Å²) in [6.07, 6.45) is 0. The van der Waals surface area contributed by atoms with Crippen LogP contribution in [-0.4, -0.2) is 38.2 Å². The zero-order valence-corrected chi connectivity index (χ0v) is 10.6. The van der Waals surface area contributed by atoms with Gasteiger partial charge in [0.1, 0.15) is 11.8 Å². The van der Waals surface area contributed by atoms with Gasteiger partial charge in [-0.15, -0.1) is 0 Å². The minimum absolute atomic E-state index is 0.0185. The Balaban J connectivity index is 2.31. The molecule has 1 unspecified atom stereocenters. The van der Waals surface area contributed by atoms with Gasteiger partial charge in [-0.25, -0.2) is 0 Å². The number of nitrogens with one attached hydrogen (secondary N) is 1. The van der Waals surface area contributed by atoms with Crippen molar-refractivity contribution in [2.24, 2.45) is 5.73 Å². The van der Waals surface area contributed by atoms with E-state index in [0.717, 1.165) is 18.0 Å². The fourth-order valence-electron chi connectivity index (χ4n) is 2.21. The van der Waals surface area contributed by atoms with Gasteiger partial charge in [0.25, 0.3) is 0 Å². The molecule has 98 valence electrons. The quantitative estimate of drug-likeness (QED) is 0.808. The number of rotatable bonds is 4. The average Bonchev–Trinajstić information content (AvgIpc) is 2.39. The van der Waals surface area contributed by atoms with Gasteiger partial charge in [-0.2, -0.15) is 0 Å². The van der Waals surface area contributed by atoms with E-state index < -0.39 is 0 Å². The molecule has 0 radical (unpaired) electrons. The fraction of sp³-hybridized carbons (Fsp3) is 0.462. The van der Waals surface area contributed by atoms with Crippen molar-refractivity contribution >= 4 is 11.6 Å². The van der Waals surface area contributed by atoms with E-state index in [1.54, 1.807) is 0 Å². The highest BCUT2D eigenvalue weighted by Crippen LogP contribution is 2.29. The predicted octanol–water partition coefficient (Wildman–Crippen LogP) is 0.349. The fourth-order valence-corrected chi connectivity index (χ4v) is 2.21. The Morgan fingerprint density at radius 1 is 1.50 bits per heavy atom. The highest BCUT2D eigenvalue weighted by molar-refractivity contribution is 5.87. The first-order valence-corrected chi connectivity index (χ1v) is 6.24. The molecule has 1 aliphatic heterocycles. The minimum Gasteiger partial charge on any atom is -0.492 e. The molecule has 3 N–H and O–H groups in total. The first-order valence-electron chi connectivity index (χ1n) is 6.24. The van der Waals surface area contributed by atoms with Gasteiger partial charge in [-0.1, -0.05) is 12.1 Å². The van der Waals surface area contributed by atoms with Gasteiger partial charge in [0, 0.05) is 19.6 Å². The lowest BCUT2D eigenvalue weighted by Gasteiger charge is -2.36. The molecule has 5 nitrogen and oxygen atoms in total. The van der Waals surface area contributed by atoms with Crippen LogP contribution in [0, 0.1) is 0 Å². The molecular formula is C13H19N3O2. The molecule has 0 bridgehead atoms. The molecular weight excluding hydrogens is 230 g/mol. The molecule has 1 aromatic rings. The maximum Gasteiger partial charge on any atom is 0.244 e. The van der Waals surface area contributed by atoms with E-state index in [1.165, 1.54) is 0 Å². The maximum absolute atomic E-state index is 11.8. The van der Waals surface area contributed by atoms with Gasteiger partial charge in [0.05, 0.1) is 12.3 Å². The number of amides is 1. The summed E-state index contributed by atoms with van der Waals surface area (Å²) in [5.74, 6) is 0.781. The molecule has 2 rings (SSSR count). The van der Waals surface area contributed by atoms with Crippen LogP contribution < -0.4 is 20.7 Å². The maximum atomic E-state index is 11.8. The second-order valence-electron chi connectivity index (χ2n) is 4.14. The van der Waals surface area contributed by atoms with E-state index in [-0.39, 0.29) is 11.9 Å². The number of carbonyl (C=O) groups is 1. The number of anilines is 1. The molecule has 0 saturated carbocycles. The third-order valence-electron chi connectivity index (χ3n) is 3.03. The number of carbonyl (C=O) groups excluding carboxylic acids is 1. The van der Waals surface area contributed by atoms with Gasteiger partial charge in [-0.05, 0) is 19.1 Å². The highest BCUT2D eigenvalue weighted by atomic mass is 16.5. The predicted molar refractivity (Wildman–Crippen MR) is 70.8 cm³/mol. The molecule has 1 saturated heterocycles. The van der Waals surface area contributed by atoms with Crippen LogP contribution in [0.15, 0.2) is 24.3 Å². The summed E-state index contributed by atoms with van der Waals surface area (Å²) in [4.78, 5) is 13.8. The molecule has 1 amide bonds. The normalized spacial score (nSPS) is 19.6. The Morgan fingerprint density at radius 2 is 2.28 bits per heavy atom. The standard InChI is InChI=1S/C13H19N3O2/c1-2-18-12-6-4-3-5-10(12)16-8-7-15-13(17)11(16)9-14/h3-6,11H,2,7-9,14H2,1H3,(H,15,17). The summed E-state index contributed by atoms with van der Waals surface area (Å²) >= 11 is 0. The minimum atomic E-state index is -0.319. The Morgan fingerprint density at radius 3 is 3.00 bits per heavy atom. The Labute approximate surface area is 107 Å². The van der Waals surface area contributed by atoms with Crippen LogP contribution in [0.4, 0.5) is 5.69 Å². The summed E-state index contributed by atoms with van der Waals surface area (Å²) in [7, 11) is 0. The van der Waals surface area contributed by atoms with E-state index in [4.69, 9.17) is 10.5 Å². The van der Waals surface area contributed by atoms with Crippen molar-refractivity contribution in [2.45, 2.75) is 13.0 Å². The summed E-state index contributed by atoms with van der Waals surface area (Å²) in [6.45, 7) is 4.23. The van der Waals surface area contributed by atoms with E-state index in [1.807, 2.05) is 36.1 Å². The van der Waals surface area contributed by atoms with Crippen LogP contribution in [0.3, 0.4) is 0 Å². The first-order chi connectivity index (χ1) is 8.77. The van der Waals surface area contributed by atoms with Crippen molar-refractivity contribution in [1.29, 1.82) is 0 Å². The third kappa shape index (κ3) is 2.41.